The third-order valence-electron chi connectivity index (χ3n) is 4.64. The van der Waals surface area contributed by atoms with Crippen LogP contribution in [0, 0.1) is 11.3 Å². The van der Waals surface area contributed by atoms with Crippen molar-refractivity contribution < 1.29 is 0 Å². The second kappa shape index (κ2) is 8.31. The molecule has 26 heavy (non-hydrogen) atoms. The summed E-state index contributed by atoms with van der Waals surface area (Å²) in [5, 5.41) is 9.28. The Morgan fingerprint density at radius 2 is 1.65 bits per heavy atom. The number of rotatable bonds is 6. The number of benzene rings is 2. The zero-order valence-electron chi connectivity index (χ0n) is 15.3. The first kappa shape index (κ1) is 17.7. The number of nitrogens with zero attached hydrogens (tertiary/aromatic N) is 3. The average Bonchev–Trinajstić information content (AvgIpc) is 2.71. The Bertz CT molecular complexity index is 903. The van der Waals surface area contributed by atoms with E-state index in [0.29, 0.717) is 5.56 Å². The molecular formula is C23H23N3. The molecule has 3 nitrogen and oxygen atoms in total. The summed E-state index contributed by atoms with van der Waals surface area (Å²) in [7, 11) is 0. The van der Waals surface area contributed by atoms with Gasteiger partial charge < -0.3 is 4.90 Å². The van der Waals surface area contributed by atoms with Crippen molar-refractivity contribution >= 4 is 5.69 Å². The molecule has 0 fully saturated rings. The van der Waals surface area contributed by atoms with Gasteiger partial charge in [-0.25, -0.2) is 0 Å². The van der Waals surface area contributed by atoms with Crippen LogP contribution in [-0.4, -0.2) is 18.1 Å². The van der Waals surface area contributed by atoms with E-state index in [1.807, 2.05) is 36.5 Å². The van der Waals surface area contributed by atoms with E-state index in [2.05, 4.69) is 60.1 Å². The Morgan fingerprint density at radius 3 is 2.35 bits per heavy atom. The molecule has 0 atom stereocenters. The number of hydrogen-bond acceptors (Lipinski definition) is 3. The van der Waals surface area contributed by atoms with Gasteiger partial charge in [0.2, 0.25) is 0 Å². The van der Waals surface area contributed by atoms with Gasteiger partial charge in [-0.3, -0.25) is 4.98 Å². The Balaban J connectivity index is 1.86. The number of nitriles is 1. The van der Waals surface area contributed by atoms with Gasteiger partial charge in [0.05, 0.1) is 17.3 Å². The second-order valence-electron chi connectivity index (χ2n) is 6.19. The lowest BCUT2D eigenvalue weighted by Crippen LogP contribution is -2.23. The number of hydrogen-bond donors (Lipinski definition) is 0. The topological polar surface area (TPSA) is 39.9 Å². The summed E-state index contributed by atoms with van der Waals surface area (Å²) in [4.78, 5) is 6.98. The smallest absolute Gasteiger partial charge is 0.0998 e. The molecule has 1 aromatic heterocycles. The average molecular weight is 341 g/mol. The molecule has 0 unspecified atom stereocenters. The highest BCUT2D eigenvalue weighted by atomic mass is 15.1. The first-order chi connectivity index (χ1) is 12.8. The van der Waals surface area contributed by atoms with Gasteiger partial charge in [-0.2, -0.15) is 5.26 Å². The van der Waals surface area contributed by atoms with Crippen LogP contribution >= 0.6 is 0 Å². The molecule has 1 heterocycles. The van der Waals surface area contributed by atoms with Gasteiger partial charge in [0, 0.05) is 37.0 Å². The molecule has 0 saturated heterocycles. The van der Waals surface area contributed by atoms with E-state index in [1.54, 1.807) is 0 Å². The molecule has 2 aromatic carbocycles. The van der Waals surface area contributed by atoms with E-state index in [9.17, 15) is 5.26 Å². The summed E-state index contributed by atoms with van der Waals surface area (Å²) >= 11 is 0. The molecular weight excluding hydrogens is 318 g/mol. The monoisotopic (exact) mass is 341 g/mol. The Morgan fingerprint density at radius 1 is 0.923 bits per heavy atom. The first-order valence-electron chi connectivity index (χ1n) is 9.04. The fraction of sp³-hybridized carbons (Fsp3) is 0.217. The number of para-hydroxylation sites is 1. The molecule has 0 radical (unpaired) electrons. The lowest BCUT2D eigenvalue weighted by Gasteiger charge is -2.24. The van der Waals surface area contributed by atoms with Crippen molar-refractivity contribution in [2.75, 3.05) is 18.0 Å². The Labute approximate surface area is 155 Å². The summed E-state index contributed by atoms with van der Waals surface area (Å²) in [6.45, 7) is 6.36. The highest BCUT2D eigenvalue weighted by molar-refractivity contribution is 5.67. The molecule has 0 aliphatic heterocycles. The third kappa shape index (κ3) is 3.75. The molecule has 130 valence electrons. The van der Waals surface area contributed by atoms with Gasteiger partial charge in [-0.1, -0.05) is 42.5 Å². The fourth-order valence-corrected chi connectivity index (χ4v) is 3.25. The van der Waals surface area contributed by atoms with Crippen LogP contribution in [0.4, 0.5) is 5.69 Å². The standard InChI is InChI=1S/C23H23N3/c1-3-26(4-2)23-12-8-6-9-19(23)15-18-13-14-22(25-17-18)21-11-7-5-10-20(21)16-24/h5-14,17H,3-4,15H2,1-2H3. The Hall–Kier alpha value is -3.12. The predicted molar refractivity (Wildman–Crippen MR) is 107 cm³/mol. The lowest BCUT2D eigenvalue weighted by molar-refractivity contribution is 0.858. The highest BCUT2D eigenvalue weighted by Gasteiger charge is 2.10. The third-order valence-corrected chi connectivity index (χ3v) is 4.64. The van der Waals surface area contributed by atoms with Crippen molar-refractivity contribution in [2.45, 2.75) is 20.3 Å². The summed E-state index contributed by atoms with van der Waals surface area (Å²) in [5.41, 5.74) is 6.13. The van der Waals surface area contributed by atoms with E-state index >= 15 is 0 Å². The highest BCUT2D eigenvalue weighted by Crippen LogP contribution is 2.25. The molecule has 3 rings (SSSR count). The van der Waals surface area contributed by atoms with Crippen LogP contribution in [0.3, 0.4) is 0 Å². The molecule has 0 N–H and O–H groups in total. The maximum atomic E-state index is 9.28. The summed E-state index contributed by atoms with van der Waals surface area (Å²) in [5.74, 6) is 0. The van der Waals surface area contributed by atoms with Crippen LogP contribution in [0.5, 0.6) is 0 Å². The van der Waals surface area contributed by atoms with Gasteiger partial charge >= 0.3 is 0 Å². The van der Waals surface area contributed by atoms with Crippen LogP contribution < -0.4 is 4.90 Å². The SMILES string of the molecule is CCN(CC)c1ccccc1Cc1ccc(-c2ccccc2C#N)nc1. The normalized spacial score (nSPS) is 10.3. The van der Waals surface area contributed by atoms with Crippen LogP contribution in [-0.2, 0) is 6.42 Å². The number of aromatic nitrogens is 1. The minimum absolute atomic E-state index is 0.652. The van der Waals surface area contributed by atoms with Gasteiger partial charge in [-0.15, -0.1) is 0 Å². The van der Waals surface area contributed by atoms with Crippen molar-refractivity contribution in [3.63, 3.8) is 0 Å². The molecule has 0 spiro atoms. The molecule has 0 bridgehead atoms. The Kier molecular flexibility index (Phi) is 5.66. The van der Waals surface area contributed by atoms with Crippen molar-refractivity contribution in [2.24, 2.45) is 0 Å². The minimum atomic E-state index is 0.652. The van der Waals surface area contributed by atoms with Crippen LogP contribution in [0.25, 0.3) is 11.3 Å². The predicted octanol–water partition coefficient (Wildman–Crippen LogP) is 5.06. The summed E-state index contributed by atoms with van der Waals surface area (Å²) in [6.07, 6.45) is 2.77. The lowest BCUT2D eigenvalue weighted by atomic mass is 10.0. The van der Waals surface area contributed by atoms with Gasteiger partial charge in [-0.05, 0) is 43.2 Å². The largest absolute Gasteiger partial charge is 0.372 e. The first-order valence-corrected chi connectivity index (χ1v) is 9.04. The summed E-state index contributed by atoms with van der Waals surface area (Å²) in [6, 6.07) is 22.5. The van der Waals surface area contributed by atoms with E-state index in [0.717, 1.165) is 30.8 Å². The number of pyridine rings is 1. The molecule has 0 aliphatic rings. The van der Waals surface area contributed by atoms with Crippen molar-refractivity contribution in [3.05, 3.63) is 83.6 Å². The zero-order chi connectivity index (χ0) is 18.4. The maximum absolute atomic E-state index is 9.28. The molecule has 0 aliphatic carbocycles. The molecule has 3 aromatic rings. The van der Waals surface area contributed by atoms with Gasteiger partial charge in [0.25, 0.3) is 0 Å². The summed E-state index contributed by atoms with van der Waals surface area (Å²) < 4.78 is 0. The number of anilines is 1. The van der Waals surface area contributed by atoms with Gasteiger partial charge in [0.1, 0.15) is 0 Å². The van der Waals surface area contributed by atoms with E-state index in [4.69, 9.17) is 0 Å². The van der Waals surface area contributed by atoms with Crippen molar-refractivity contribution in [3.8, 4) is 17.3 Å². The molecule has 0 saturated carbocycles. The van der Waals surface area contributed by atoms with Crippen molar-refractivity contribution in [1.82, 2.24) is 4.98 Å². The van der Waals surface area contributed by atoms with Gasteiger partial charge in [0.15, 0.2) is 0 Å². The van der Waals surface area contributed by atoms with Crippen LogP contribution in [0.15, 0.2) is 66.9 Å². The van der Waals surface area contributed by atoms with Crippen molar-refractivity contribution in [1.29, 1.82) is 5.26 Å². The van der Waals surface area contributed by atoms with E-state index in [1.165, 1.54) is 16.8 Å². The quantitative estimate of drug-likeness (QED) is 0.629. The van der Waals surface area contributed by atoms with Crippen LogP contribution in [0.2, 0.25) is 0 Å². The maximum Gasteiger partial charge on any atom is 0.0998 e. The minimum Gasteiger partial charge on any atom is -0.372 e. The second-order valence-corrected chi connectivity index (χ2v) is 6.19. The van der Waals surface area contributed by atoms with Crippen LogP contribution in [0.1, 0.15) is 30.5 Å². The van der Waals surface area contributed by atoms with E-state index in [-0.39, 0.29) is 0 Å². The van der Waals surface area contributed by atoms with E-state index < -0.39 is 0 Å². The fourth-order valence-electron chi connectivity index (χ4n) is 3.25. The zero-order valence-corrected chi connectivity index (χ0v) is 15.3. The molecule has 0 amide bonds. The molecule has 3 heteroatoms.